The van der Waals surface area contributed by atoms with Gasteiger partial charge in [-0.25, -0.2) is 8.78 Å². The molecule has 1 aliphatic rings. The van der Waals surface area contributed by atoms with Crippen molar-refractivity contribution in [2.45, 2.75) is 19.9 Å². The summed E-state index contributed by atoms with van der Waals surface area (Å²) in [6.45, 7) is 6.10. The Labute approximate surface area is 123 Å². The number of halogens is 2. The predicted octanol–water partition coefficient (Wildman–Crippen LogP) is 2.23. The first-order valence-electron chi connectivity index (χ1n) is 6.93. The number of hydrogen-bond donors (Lipinski definition) is 2. The van der Waals surface area contributed by atoms with Gasteiger partial charge in [-0.3, -0.25) is 4.99 Å². The third-order valence-corrected chi connectivity index (χ3v) is 3.59. The smallest absolute Gasteiger partial charge is 0.191 e. The number of ether oxygens (including phenoxy) is 1. The van der Waals surface area contributed by atoms with Gasteiger partial charge in [0.2, 0.25) is 0 Å². The fraction of sp³-hybridized carbons (Fsp3) is 0.533. The van der Waals surface area contributed by atoms with Gasteiger partial charge in [0.25, 0.3) is 0 Å². The molecule has 116 valence electrons. The van der Waals surface area contributed by atoms with Crippen molar-refractivity contribution in [1.82, 2.24) is 10.6 Å². The first-order valence-corrected chi connectivity index (χ1v) is 6.93. The molecule has 1 atom stereocenters. The van der Waals surface area contributed by atoms with Crippen LogP contribution in [0.5, 0.6) is 0 Å². The molecule has 1 heterocycles. The first-order chi connectivity index (χ1) is 9.93. The lowest BCUT2D eigenvalue weighted by Gasteiger charge is -2.38. The van der Waals surface area contributed by atoms with Crippen LogP contribution in [0.4, 0.5) is 8.78 Å². The summed E-state index contributed by atoms with van der Waals surface area (Å²) in [7, 11) is 1.66. The van der Waals surface area contributed by atoms with Gasteiger partial charge in [-0.05, 0) is 13.0 Å². The maximum atomic E-state index is 13.7. The van der Waals surface area contributed by atoms with Gasteiger partial charge in [-0.15, -0.1) is 0 Å². The molecule has 0 aromatic heterocycles. The second-order valence-corrected chi connectivity index (χ2v) is 5.76. The van der Waals surface area contributed by atoms with E-state index in [4.69, 9.17) is 4.74 Å². The van der Waals surface area contributed by atoms with E-state index in [0.717, 1.165) is 25.8 Å². The van der Waals surface area contributed by atoms with Crippen LogP contribution in [0.25, 0.3) is 0 Å². The Bertz CT molecular complexity index is 530. The number of benzene rings is 1. The molecule has 0 radical (unpaired) electrons. The van der Waals surface area contributed by atoms with Crippen LogP contribution in [-0.2, 0) is 4.74 Å². The van der Waals surface area contributed by atoms with E-state index in [9.17, 15) is 8.78 Å². The van der Waals surface area contributed by atoms with Crippen molar-refractivity contribution in [2.24, 2.45) is 10.4 Å². The summed E-state index contributed by atoms with van der Waals surface area (Å²) >= 11 is 0. The van der Waals surface area contributed by atoms with Gasteiger partial charge >= 0.3 is 0 Å². The Morgan fingerprint density at radius 1 is 1.43 bits per heavy atom. The van der Waals surface area contributed by atoms with E-state index >= 15 is 0 Å². The summed E-state index contributed by atoms with van der Waals surface area (Å²) < 4.78 is 31.9. The van der Waals surface area contributed by atoms with Crippen molar-refractivity contribution in [3.63, 3.8) is 0 Å². The molecule has 0 amide bonds. The number of guanidine groups is 1. The van der Waals surface area contributed by atoms with Crippen LogP contribution in [0, 0.1) is 17.0 Å². The van der Waals surface area contributed by atoms with E-state index in [2.05, 4.69) is 22.5 Å². The van der Waals surface area contributed by atoms with Crippen molar-refractivity contribution >= 4 is 5.96 Å². The molecule has 0 aliphatic carbocycles. The highest BCUT2D eigenvalue weighted by Gasteiger charge is 2.33. The maximum Gasteiger partial charge on any atom is 0.191 e. The van der Waals surface area contributed by atoms with Crippen LogP contribution in [-0.4, -0.2) is 32.8 Å². The largest absolute Gasteiger partial charge is 0.380 e. The summed E-state index contributed by atoms with van der Waals surface area (Å²) in [5.41, 5.74) is 0.514. The number of nitrogens with one attached hydrogen (secondary N) is 2. The summed E-state index contributed by atoms with van der Waals surface area (Å²) in [5, 5.41) is 6.31. The average Bonchev–Trinajstić information content (AvgIpc) is 2.41. The Hall–Kier alpha value is -1.69. The molecular formula is C15H21F2N3O. The molecule has 2 N–H and O–H groups in total. The fourth-order valence-electron chi connectivity index (χ4n) is 2.18. The Balaban J connectivity index is 1.94. The van der Waals surface area contributed by atoms with Crippen molar-refractivity contribution in [3.05, 3.63) is 35.4 Å². The molecule has 4 nitrogen and oxygen atoms in total. The SMILES string of the molecule is CN=C(NCC1(C)COC1)NC(C)c1ccc(F)cc1F. The third-order valence-electron chi connectivity index (χ3n) is 3.59. The van der Waals surface area contributed by atoms with Crippen molar-refractivity contribution in [1.29, 1.82) is 0 Å². The van der Waals surface area contributed by atoms with Gasteiger partial charge in [0.1, 0.15) is 11.6 Å². The van der Waals surface area contributed by atoms with E-state index in [0.29, 0.717) is 11.5 Å². The number of nitrogens with zero attached hydrogens (tertiary/aromatic N) is 1. The van der Waals surface area contributed by atoms with Gasteiger partial charge < -0.3 is 15.4 Å². The molecule has 0 bridgehead atoms. The minimum Gasteiger partial charge on any atom is -0.380 e. The highest BCUT2D eigenvalue weighted by Crippen LogP contribution is 2.25. The van der Waals surface area contributed by atoms with Crippen molar-refractivity contribution < 1.29 is 13.5 Å². The monoisotopic (exact) mass is 297 g/mol. The van der Waals surface area contributed by atoms with Crippen LogP contribution < -0.4 is 10.6 Å². The normalized spacial score (nSPS) is 18.8. The molecule has 1 aromatic rings. The fourth-order valence-corrected chi connectivity index (χ4v) is 2.18. The van der Waals surface area contributed by atoms with Gasteiger partial charge in [0.05, 0.1) is 19.3 Å². The molecule has 0 saturated carbocycles. The minimum atomic E-state index is -0.580. The van der Waals surface area contributed by atoms with Gasteiger partial charge in [-0.2, -0.15) is 0 Å². The van der Waals surface area contributed by atoms with E-state index in [1.165, 1.54) is 12.1 Å². The third kappa shape index (κ3) is 3.91. The molecule has 1 aromatic carbocycles. The number of rotatable bonds is 4. The molecular weight excluding hydrogens is 276 g/mol. The molecule has 1 saturated heterocycles. The first kappa shape index (κ1) is 15.7. The van der Waals surface area contributed by atoms with E-state index in [1.54, 1.807) is 14.0 Å². The predicted molar refractivity (Wildman–Crippen MR) is 78.2 cm³/mol. The summed E-state index contributed by atoms with van der Waals surface area (Å²) in [5.74, 6) is -0.562. The van der Waals surface area contributed by atoms with E-state index < -0.39 is 11.6 Å². The molecule has 1 fully saturated rings. The zero-order valence-corrected chi connectivity index (χ0v) is 12.5. The molecule has 0 spiro atoms. The Kier molecular flexibility index (Phi) is 4.77. The summed E-state index contributed by atoms with van der Waals surface area (Å²) in [4.78, 5) is 4.12. The van der Waals surface area contributed by atoms with Gasteiger partial charge in [0, 0.05) is 30.6 Å². The van der Waals surface area contributed by atoms with Gasteiger partial charge in [-0.1, -0.05) is 13.0 Å². The minimum absolute atomic E-state index is 0.113. The quantitative estimate of drug-likeness (QED) is 0.662. The zero-order valence-electron chi connectivity index (χ0n) is 12.5. The standard InChI is InChI=1S/C15H21F2N3O/c1-10(12-5-4-11(16)6-13(12)17)20-14(18-3)19-7-15(2)8-21-9-15/h4-6,10H,7-9H2,1-3H3,(H2,18,19,20). The van der Waals surface area contributed by atoms with Crippen molar-refractivity contribution in [3.8, 4) is 0 Å². The molecule has 1 aliphatic heterocycles. The van der Waals surface area contributed by atoms with Crippen LogP contribution in [0.1, 0.15) is 25.5 Å². The van der Waals surface area contributed by atoms with Crippen LogP contribution in [0.15, 0.2) is 23.2 Å². The van der Waals surface area contributed by atoms with E-state index in [1.807, 2.05) is 0 Å². The second-order valence-electron chi connectivity index (χ2n) is 5.76. The number of hydrogen-bond acceptors (Lipinski definition) is 2. The molecule has 1 unspecified atom stereocenters. The lowest BCUT2D eigenvalue weighted by atomic mass is 9.89. The highest BCUT2D eigenvalue weighted by molar-refractivity contribution is 5.80. The topological polar surface area (TPSA) is 45.7 Å². The number of aliphatic imine (C=N–C) groups is 1. The van der Waals surface area contributed by atoms with Crippen LogP contribution in [0.2, 0.25) is 0 Å². The van der Waals surface area contributed by atoms with Crippen LogP contribution in [0.3, 0.4) is 0 Å². The van der Waals surface area contributed by atoms with Crippen molar-refractivity contribution in [2.75, 3.05) is 26.8 Å². The molecule has 6 heteroatoms. The lowest BCUT2D eigenvalue weighted by molar-refractivity contribution is -0.0971. The van der Waals surface area contributed by atoms with Crippen LogP contribution >= 0.6 is 0 Å². The summed E-state index contributed by atoms with van der Waals surface area (Å²) in [6, 6.07) is 3.26. The molecule has 2 rings (SSSR count). The Morgan fingerprint density at radius 3 is 2.67 bits per heavy atom. The van der Waals surface area contributed by atoms with E-state index in [-0.39, 0.29) is 11.5 Å². The lowest BCUT2D eigenvalue weighted by Crippen LogP contribution is -2.51. The Morgan fingerprint density at radius 2 is 2.14 bits per heavy atom. The highest BCUT2D eigenvalue weighted by atomic mass is 19.1. The maximum absolute atomic E-state index is 13.7. The zero-order chi connectivity index (χ0) is 15.5. The summed E-state index contributed by atoms with van der Waals surface area (Å²) in [6.07, 6.45) is 0. The average molecular weight is 297 g/mol. The second kappa shape index (κ2) is 6.39. The molecule has 21 heavy (non-hydrogen) atoms. The van der Waals surface area contributed by atoms with Gasteiger partial charge in [0.15, 0.2) is 5.96 Å².